The standard InChI is InChI=1S/C25H35N7O7/c1-3-13(2)21(32-22(35)17(26)9-15-11-28-12-29-15)24(37)30-18(10-20(27)34)23(36)31-19(25(38)39)8-14-4-6-16(33)7-5-14/h4-7,11-13,17-19,21,33H,3,8-10,26H2,1-2H3,(H2,27,34)(H,28,29)(H,30,37)(H,31,36)(H,32,35)(H,38,39). The van der Waals surface area contributed by atoms with Gasteiger partial charge in [0.15, 0.2) is 0 Å². The van der Waals surface area contributed by atoms with Crippen molar-refractivity contribution < 1.29 is 34.2 Å². The second-order valence-corrected chi connectivity index (χ2v) is 9.26. The number of hydrogen-bond donors (Lipinski definition) is 8. The molecular weight excluding hydrogens is 510 g/mol. The molecule has 0 spiro atoms. The lowest BCUT2D eigenvalue weighted by atomic mass is 9.97. The van der Waals surface area contributed by atoms with E-state index in [2.05, 4.69) is 25.9 Å². The summed E-state index contributed by atoms with van der Waals surface area (Å²) in [6, 6.07) is 0.732. The Balaban J connectivity index is 2.14. The van der Waals surface area contributed by atoms with Crippen LogP contribution < -0.4 is 27.4 Å². The number of carbonyl (C=O) groups excluding carboxylic acids is 4. The number of aromatic nitrogens is 2. The summed E-state index contributed by atoms with van der Waals surface area (Å²) in [5.41, 5.74) is 12.4. The Morgan fingerprint density at radius 2 is 1.62 bits per heavy atom. The van der Waals surface area contributed by atoms with Crippen LogP contribution in [0.25, 0.3) is 0 Å². The average molecular weight is 546 g/mol. The first-order valence-corrected chi connectivity index (χ1v) is 12.3. The largest absolute Gasteiger partial charge is 0.508 e. The molecule has 2 rings (SSSR count). The SMILES string of the molecule is CCC(C)C(NC(=O)C(N)Cc1cnc[nH]1)C(=O)NC(CC(N)=O)C(=O)NC(Cc1ccc(O)cc1)C(=O)O. The minimum absolute atomic E-state index is 0.0101. The maximum Gasteiger partial charge on any atom is 0.326 e. The molecule has 10 N–H and O–H groups in total. The number of rotatable bonds is 15. The molecule has 1 aromatic heterocycles. The van der Waals surface area contributed by atoms with Gasteiger partial charge in [-0.1, -0.05) is 32.4 Å². The van der Waals surface area contributed by atoms with Crippen LogP contribution in [0.2, 0.25) is 0 Å². The molecule has 1 heterocycles. The number of carboxylic acid groups (broad SMARTS) is 1. The van der Waals surface area contributed by atoms with Gasteiger partial charge in [0.1, 0.15) is 23.9 Å². The summed E-state index contributed by atoms with van der Waals surface area (Å²) in [5, 5.41) is 26.4. The fourth-order valence-corrected chi connectivity index (χ4v) is 3.70. The lowest BCUT2D eigenvalue weighted by Crippen LogP contribution is -2.59. The first kappa shape index (κ1) is 30.8. The lowest BCUT2D eigenvalue weighted by Gasteiger charge is -2.27. The number of primary amides is 1. The monoisotopic (exact) mass is 545 g/mol. The van der Waals surface area contributed by atoms with Crippen LogP contribution in [0.5, 0.6) is 5.75 Å². The van der Waals surface area contributed by atoms with E-state index in [1.807, 2.05) is 0 Å². The highest BCUT2D eigenvalue weighted by atomic mass is 16.4. The van der Waals surface area contributed by atoms with Crippen molar-refractivity contribution in [3.8, 4) is 5.75 Å². The summed E-state index contributed by atoms with van der Waals surface area (Å²) < 4.78 is 0. The van der Waals surface area contributed by atoms with E-state index in [4.69, 9.17) is 11.5 Å². The fraction of sp³-hybridized carbons (Fsp3) is 0.440. The maximum atomic E-state index is 13.2. The normalized spacial score (nSPS) is 14.7. The molecule has 0 saturated heterocycles. The quantitative estimate of drug-likeness (QED) is 0.132. The molecule has 0 aliphatic carbocycles. The van der Waals surface area contributed by atoms with E-state index in [1.165, 1.54) is 36.8 Å². The third-order valence-electron chi connectivity index (χ3n) is 6.15. The molecule has 14 nitrogen and oxygen atoms in total. The number of carboxylic acids is 1. The predicted molar refractivity (Wildman–Crippen MR) is 139 cm³/mol. The van der Waals surface area contributed by atoms with Gasteiger partial charge in [-0.3, -0.25) is 19.2 Å². The molecule has 0 radical (unpaired) electrons. The minimum atomic E-state index is -1.50. The molecular formula is C25H35N7O7. The molecule has 0 aliphatic rings. The summed E-state index contributed by atoms with van der Waals surface area (Å²) in [6.45, 7) is 3.52. The summed E-state index contributed by atoms with van der Waals surface area (Å²) in [4.78, 5) is 69.1. The maximum absolute atomic E-state index is 13.2. The third-order valence-corrected chi connectivity index (χ3v) is 6.15. The molecule has 5 unspecified atom stereocenters. The van der Waals surface area contributed by atoms with Gasteiger partial charge in [-0.25, -0.2) is 9.78 Å². The van der Waals surface area contributed by atoms with E-state index >= 15 is 0 Å². The van der Waals surface area contributed by atoms with Gasteiger partial charge in [0, 0.05) is 24.7 Å². The molecule has 1 aromatic carbocycles. The number of H-pyrrole nitrogens is 1. The Labute approximate surface area is 224 Å². The number of hydrogen-bond acceptors (Lipinski definition) is 8. The molecule has 0 fully saturated rings. The van der Waals surface area contributed by atoms with Crippen LogP contribution in [0.3, 0.4) is 0 Å². The summed E-state index contributed by atoms with van der Waals surface area (Å²) in [6.07, 6.45) is 2.85. The Morgan fingerprint density at radius 3 is 2.15 bits per heavy atom. The number of benzene rings is 1. The number of nitrogens with one attached hydrogen (secondary N) is 4. The molecule has 0 bridgehead atoms. The number of phenols is 1. The molecule has 4 amide bonds. The zero-order chi connectivity index (χ0) is 29.1. The number of nitrogens with zero attached hydrogens (tertiary/aromatic N) is 1. The van der Waals surface area contributed by atoms with Crippen LogP contribution >= 0.6 is 0 Å². The summed E-state index contributed by atoms with van der Waals surface area (Å²) in [7, 11) is 0. The van der Waals surface area contributed by atoms with Gasteiger partial charge >= 0.3 is 5.97 Å². The van der Waals surface area contributed by atoms with Gasteiger partial charge in [-0.05, 0) is 23.6 Å². The van der Waals surface area contributed by atoms with Gasteiger partial charge < -0.3 is 42.6 Å². The molecule has 2 aromatic rings. The molecule has 5 atom stereocenters. The van der Waals surface area contributed by atoms with Gasteiger partial charge in [-0.15, -0.1) is 0 Å². The van der Waals surface area contributed by atoms with Crippen molar-refractivity contribution in [2.75, 3.05) is 0 Å². The smallest absolute Gasteiger partial charge is 0.326 e. The number of aromatic hydroxyl groups is 1. The van der Waals surface area contributed by atoms with Crippen molar-refractivity contribution in [3.63, 3.8) is 0 Å². The van der Waals surface area contributed by atoms with Crippen LogP contribution in [-0.4, -0.2) is 73.9 Å². The van der Waals surface area contributed by atoms with Crippen LogP contribution in [0.4, 0.5) is 0 Å². The van der Waals surface area contributed by atoms with Crippen LogP contribution in [0.1, 0.15) is 37.9 Å². The van der Waals surface area contributed by atoms with Crippen LogP contribution in [0.15, 0.2) is 36.8 Å². The van der Waals surface area contributed by atoms with E-state index in [0.717, 1.165) is 0 Å². The Morgan fingerprint density at radius 1 is 0.974 bits per heavy atom. The lowest BCUT2D eigenvalue weighted by molar-refractivity contribution is -0.142. The van der Waals surface area contributed by atoms with E-state index in [9.17, 15) is 34.2 Å². The predicted octanol–water partition coefficient (Wildman–Crippen LogP) is -1.31. The van der Waals surface area contributed by atoms with Crippen molar-refractivity contribution in [1.82, 2.24) is 25.9 Å². The van der Waals surface area contributed by atoms with E-state index in [-0.39, 0.29) is 24.5 Å². The zero-order valence-corrected chi connectivity index (χ0v) is 21.7. The third kappa shape index (κ3) is 9.74. The first-order chi connectivity index (χ1) is 18.4. The molecule has 39 heavy (non-hydrogen) atoms. The average Bonchev–Trinajstić information content (AvgIpc) is 3.39. The molecule has 0 aliphatic heterocycles. The molecule has 0 saturated carbocycles. The summed E-state index contributed by atoms with van der Waals surface area (Å²) >= 11 is 0. The van der Waals surface area contributed by atoms with Crippen LogP contribution in [0, 0.1) is 5.92 Å². The number of phenolic OH excluding ortho intramolecular Hbond substituents is 1. The van der Waals surface area contributed by atoms with E-state index in [1.54, 1.807) is 13.8 Å². The number of aromatic amines is 1. The van der Waals surface area contributed by atoms with Gasteiger partial charge in [0.2, 0.25) is 23.6 Å². The topological polar surface area (TPSA) is 243 Å². The van der Waals surface area contributed by atoms with Crippen molar-refractivity contribution >= 4 is 29.6 Å². The van der Waals surface area contributed by atoms with E-state index < -0.39 is 60.2 Å². The number of amides is 4. The first-order valence-electron chi connectivity index (χ1n) is 12.3. The van der Waals surface area contributed by atoms with Gasteiger partial charge in [0.25, 0.3) is 0 Å². The Hall–Kier alpha value is -4.46. The highest BCUT2D eigenvalue weighted by molar-refractivity contribution is 5.96. The number of carbonyl (C=O) groups is 5. The fourth-order valence-electron chi connectivity index (χ4n) is 3.70. The number of aliphatic carboxylic acids is 1. The second kappa shape index (κ2) is 14.5. The number of nitrogens with two attached hydrogens (primary N) is 2. The Bertz CT molecular complexity index is 1140. The van der Waals surface area contributed by atoms with Crippen molar-refractivity contribution in [2.24, 2.45) is 17.4 Å². The van der Waals surface area contributed by atoms with Crippen molar-refractivity contribution in [3.05, 3.63) is 48.0 Å². The Kier molecular flexibility index (Phi) is 11.4. The minimum Gasteiger partial charge on any atom is -0.508 e. The van der Waals surface area contributed by atoms with Crippen molar-refractivity contribution in [1.29, 1.82) is 0 Å². The van der Waals surface area contributed by atoms with Crippen molar-refractivity contribution in [2.45, 2.75) is 63.7 Å². The molecule has 212 valence electrons. The summed E-state index contributed by atoms with van der Waals surface area (Å²) in [5.74, 6) is -4.98. The highest BCUT2D eigenvalue weighted by Gasteiger charge is 2.33. The highest BCUT2D eigenvalue weighted by Crippen LogP contribution is 2.13. The second-order valence-electron chi connectivity index (χ2n) is 9.26. The van der Waals surface area contributed by atoms with Crippen LogP contribution in [-0.2, 0) is 36.8 Å². The van der Waals surface area contributed by atoms with E-state index in [0.29, 0.717) is 17.7 Å². The number of imidazole rings is 1. The van der Waals surface area contributed by atoms with Gasteiger partial charge in [0.05, 0.1) is 18.8 Å². The zero-order valence-electron chi connectivity index (χ0n) is 21.7. The molecule has 14 heteroatoms. The van der Waals surface area contributed by atoms with Gasteiger partial charge in [-0.2, -0.15) is 0 Å².